The third kappa shape index (κ3) is 3.01. The molecule has 0 bridgehead atoms. The van der Waals surface area contributed by atoms with Gasteiger partial charge < -0.3 is 10.1 Å². The Labute approximate surface area is 114 Å². The van der Waals surface area contributed by atoms with E-state index in [0.717, 1.165) is 12.1 Å². The van der Waals surface area contributed by atoms with Crippen molar-refractivity contribution in [2.75, 3.05) is 11.9 Å². The first-order chi connectivity index (χ1) is 9.63. The maximum Gasteiger partial charge on any atom is 0.213 e. The molecule has 0 atom stereocenters. The number of anilines is 2. The van der Waals surface area contributed by atoms with Crippen molar-refractivity contribution in [2.45, 2.75) is 6.92 Å². The van der Waals surface area contributed by atoms with E-state index in [2.05, 4.69) is 10.3 Å². The van der Waals surface area contributed by atoms with Crippen LogP contribution < -0.4 is 10.1 Å². The predicted octanol–water partition coefficient (Wildman–Crippen LogP) is 3.37. The molecule has 0 aliphatic heterocycles. The highest BCUT2D eigenvalue weighted by Gasteiger charge is 2.11. The molecular weight excluding hydrogens is 264 g/mol. The van der Waals surface area contributed by atoms with Gasteiger partial charge in [-0.15, -0.1) is 0 Å². The smallest absolute Gasteiger partial charge is 0.213 e. The molecule has 20 heavy (non-hydrogen) atoms. The summed E-state index contributed by atoms with van der Waals surface area (Å²) in [4.78, 5) is 3.98. The Bertz CT molecular complexity index is 627. The van der Waals surface area contributed by atoms with Crippen molar-refractivity contribution < 1.29 is 13.5 Å². The number of halogens is 2. The number of benzene rings is 1. The summed E-state index contributed by atoms with van der Waals surface area (Å²) < 4.78 is 32.5. The van der Waals surface area contributed by atoms with E-state index in [1.165, 1.54) is 6.20 Å². The zero-order valence-electron chi connectivity index (χ0n) is 10.7. The Morgan fingerprint density at radius 3 is 2.50 bits per heavy atom. The van der Waals surface area contributed by atoms with Crippen LogP contribution in [0.4, 0.5) is 20.2 Å². The Morgan fingerprint density at radius 1 is 1.30 bits per heavy atom. The number of ether oxygens (including phenoxy) is 1. The van der Waals surface area contributed by atoms with E-state index in [4.69, 9.17) is 10.00 Å². The molecule has 102 valence electrons. The van der Waals surface area contributed by atoms with Crippen LogP contribution >= 0.6 is 0 Å². The van der Waals surface area contributed by atoms with Gasteiger partial charge in [0.25, 0.3) is 0 Å². The quantitative estimate of drug-likeness (QED) is 0.929. The van der Waals surface area contributed by atoms with Crippen LogP contribution in [0.5, 0.6) is 5.88 Å². The Balaban J connectivity index is 2.24. The van der Waals surface area contributed by atoms with Gasteiger partial charge >= 0.3 is 0 Å². The Hall–Kier alpha value is -2.68. The van der Waals surface area contributed by atoms with Gasteiger partial charge in [0.2, 0.25) is 5.88 Å². The number of pyridine rings is 1. The fourth-order valence-electron chi connectivity index (χ4n) is 1.59. The van der Waals surface area contributed by atoms with Crippen molar-refractivity contribution in [3.05, 3.63) is 47.7 Å². The van der Waals surface area contributed by atoms with Crippen LogP contribution in [0.25, 0.3) is 0 Å². The molecule has 0 aliphatic carbocycles. The number of hydrogen-bond acceptors (Lipinski definition) is 4. The fraction of sp³-hybridized carbons (Fsp3) is 0.143. The van der Waals surface area contributed by atoms with E-state index < -0.39 is 11.6 Å². The molecule has 2 aromatic rings. The summed E-state index contributed by atoms with van der Waals surface area (Å²) in [5.74, 6) is -1.25. The van der Waals surface area contributed by atoms with Crippen LogP contribution in [0.2, 0.25) is 0 Å². The van der Waals surface area contributed by atoms with E-state index in [-0.39, 0.29) is 11.3 Å². The zero-order chi connectivity index (χ0) is 14.5. The topological polar surface area (TPSA) is 57.9 Å². The zero-order valence-corrected chi connectivity index (χ0v) is 10.7. The molecule has 1 N–H and O–H groups in total. The molecule has 0 aliphatic rings. The molecule has 0 fully saturated rings. The van der Waals surface area contributed by atoms with E-state index in [1.807, 2.05) is 6.92 Å². The van der Waals surface area contributed by atoms with Crippen molar-refractivity contribution in [3.63, 3.8) is 0 Å². The van der Waals surface area contributed by atoms with Gasteiger partial charge in [-0.3, -0.25) is 0 Å². The van der Waals surface area contributed by atoms with Crippen molar-refractivity contribution in [2.24, 2.45) is 0 Å². The van der Waals surface area contributed by atoms with Gasteiger partial charge in [-0.1, -0.05) is 0 Å². The minimum absolute atomic E-state index is 0.0737. The van der Waals surface area contributed by atoms with E-state index in [9.17, 15) is 8.78 Å². The summed E-state index contributed by atoms with van der Waals surface area (Å²) in [7, 11) is 0. The highest BCUT2D eigenvalue weighted by atomic mass is 19.1. The van der Waals surface area contributed by atoms with Crippen LogP contribution in [0.1, 0.15) is 12.5 Å². The number of nitriles is 1. The SMILES string of the molecule is CCOc1ccc(Nc2c(F)cc(C#N)cc2F)cn1. The maximum atomic E-state index is 13.7. The maximum absolute atomic E-state index is 13.7. The van der Waals surface area contributed by atoms with Crippen molar-refractivity contribution in [1.29, 1.82) is 5.26 Å². The van der Waals surface area contributed by atoms with Gasteiger partial charge in [-0.05, 0) is 25.1 Å². The van der Waals surface area contributed by atoms with Crippen molar-refractivity contribution >= 4 is 11.4 Å². The lowest BCUT2D eigenvalue weighted by Gasteiger charge is -2.09. The van der Waals surface area contributed by atoms with Crippen molar-refractivity contribution in [1.82, 2.24) is 4.98 Å². The summed E-state index contributed by atoms with van der Waals surface area (Å²) >= 11 is 0. The lowest BCUT2D eigenvalue weighted by Crippen LogP contribution is -2.00. The summed E-state index contributed by atoms with van der Waals surface area (Å²) in [5.41, 5.74) is 0.0151. The predicted molar refractivity (Wildman–Crippen MR) is 69.8 cm³/mol. The number of hydrogen-bond donors (Lipinski definition) is 1. The molecule has 0 saturated carbocycles. The molecule has 0 radical (unpaired) electrons. The largest absolute Gasteiger partial charge is 0.478 e. The molecule has 6 heteroatoms. The van der Waals surface area contributed by atoms with Gasteiger partial charge in [0, 0.05) is 6.07 Å². The molecule has 0 amide bonds. The summed E-state index contributed by atoms with van der Waals surface area (Å²) in [5, 5.41) is 11.2. The second-order valence-electron chi connectivity index (χ2n) is 3.87. The first-order valence-electron chi connectivity index (χ1n) is 5.89. The molecule has 1 heterocycles. The van der Waals surface area contributed by atoms with Crippen LogP contribution in [-0.2, 0) is 0 Å². The number of nitrogens with one attached hydrogen (secondary N) is 1. The monoisotopic (exact) mass is 275 g/mol. The first-order valence-corrected chi connectivity index (χ1v) is 5.89. The first kappa shape index (κ1) is 13.7. The normalized spacial score (nSPS) is 9.90. The summed E-state index contributed by atoms with van der Waals surface area (Å²) in [6.07, 6.45) is 1.40. The molecule has 4 nitrogen and oxygen atoms in total. The fourth-order valence-corrected chi connectivity index (χ4v) is 1.59. The molecule has 1 aromatic carbocycles. The van der Waals surface area contributed by atoms with Crippen LogP contribution in [-0.4, -0.2) is 11.6 Å². The van der Waals surface area contributed by atoms with Gasteiger partial charge in [0.15, 0.2) is 11.6 Å². The Kier molecular flexibility index (Phi) is 4.11. The third-order valence-electron chi connectivity index (χ3n) is 2.47. The van der Waals surface area contributed by atoms with Crippen LogP contribution in [0, 0.1) is 23.0 Å². The van der Waals surface area contributed by atoms with Crippen molar-refractivity contribution in [3.8, 4) is 11.9 Å². The molecule has 0 unspecified atom stereocenters. The second-order valence-corrected chi connectivity index (χ2v) is 3.87. The summed E-state index contributed by atoms with van der Waals surface area (Å²) in [6, 6.07) is 6.80. The van der Waals surface area contributed by atoms with Crippen LogP contribution in [0.15, 0.2) is 30.5 Å². The molecule has 0 spiro atoms. The lowest BCUT2D eigenvalue weighted by atomic mass is 10.2. The van der Waals surface area contributed by atoms with Gasteiger partial charge in [-0.25, -0.2) is 13.8 Å². The van der Waals surface area contributed by atoms with Crippen LogP contribution in [0.3, 0.4) is 0 Å². The van der Waals surface area contributed by atoms with Gasteiger partial charge in [0.05, 0.1) is 30.1 Å². The lowest BCUT2D eigenvalue weighted by molar-refractivity contribution is 0.327. The molecular formula is C14H11F2N3O. The molecule has 0 saturated heterocycles. The third-order valence-corrected chi connectivity index (χ3v) is 2.47. The van der Waals surface area contributed by atoms with Gasteiger partial charge in [0.1, 0.15) is 5.69 Å². The van der Waals surface area contributed by atoms with E-state index >= 15 is 0 Å². The number of rotatable bonds is 4. The number of aromatic nitrogens is 1. The van der Waals surface area contributed by atoms with E-state index in [0.29, 0.717) is 18.2 Å². The standard InChI is InChI=1S/C14H11F2N3O/c1-2-20-13-4-3-10(8-18-13)19-14-11(15)5-9(7-17)6-12(14)16/h3-6,8,19H,2H2,1H3. The minimum Gasteiger partial charge on any atom is -0.478 e. The van der Waals surface area contributed by atoms with E-state index in [1.54, 1.807) is 18.2 Å². The van der Waals surface area contributed by atoms with Gasteiger partial charge in [-0.2, -0.15) is 5.26 Å². The molecule has 1 aromatic heterocycles. The summed E-state index contributed by atoms with van der Waals surface area (Å²) in [6.45, 7) is 2.31. The highest BCUT2D eigenvalue weighted by Crippen LogP contribution is 2.25. The minimum atomic E-state index is -0.838. The average molecular weight is 275 g/mol. The average Bonchev–Trinajstić information content (AvgIpc) is 2.44. The number of nitrogens with zero attached hydrogens (tertiary/aromatic N) is 2. The second kappa shape index (κ2) is 5.97. The Morgan fingerprint density at radius 2 is 2.00 bits per heavy atom. The highest BCUT2D eigenvalue weighted by molar-refractivity contribution is 5.61. The molecule has 2 rings (SSSR count).